The summed E-state index contributed by atoms with van der Waals surface area (Å²) in [5, 5.41) is 10.00. The van der Waals surface area contributed by atoms with E-state index in [1.165, 1.54) is 16.6 Å². The third-order valence-electron chi connectivity index (χ3n) is 2.79. The molecule has 0 aliphatic heterocycles. The van der Waals surface area contributed by atoms with Crippen molar-refractivity contribution in [2.45, 2.75) is 13.8 Å². The van der Waals surface area contributed by atoms with E-state index in [0.717, 1.165) is 10.9 Å². The average molecular weight is 184 g/mol. The lowest BCUT2D eigenvalue weighted by Gasteiger charge is -2.03. The second-order valence-corrected chi connectivity index (χ2v) is 3.67. The van der Waals surface area contributed by atoms with Crippen molar-refractivity contribution in [3.8, 4) is 6.07 Å². The molecule has 0 unspecified atom stereocenters. The van der Waals surface area contributed by atoms with Crippen molar-refractivity contribution in [2.24, 2.45) is 7.05 Å². The zero-order valence-electron chi connectivity index (χ0n) is 8.63. The van der Waals surface area contributed by atoms with Crippen LogP contribution in [0.2, 0.25) is 0 Å². The number of rotatable bonds is 0. The van der Waals surface area contributed by atoms with Crippen molar-refractivity contribution in [3.63, 3.8) is 0 Å². The molecule has 0 fully saturated rings. The number of hydrogen-bond donors (Lipinski definition) is 0. The molecule has 1 aromatic carbocycles. The Labute approximate surface area is 83.4 Å². The van der Waals surface area contributed by atoms with E-state index in [1.54, 1.807) is 0 Å². The fourth-order valence-electron chi connectivity index (χ4n) is 1.89. The smallest absolute Gasteiger partial charge is 0.101 e. The largest absolute Gasteiger partial charge is 0.349 e. The van der Waals surface area contributed by atoms with E-state index >= 15 is 0 Å². The molecule has 70 valence electrons. The SMILES string of the molecule is Cc1ccc2c(C#N)cn(C)c2c1C. The topological polar surface area (TPSA) is 28.7 Å². The molecule has 0 saturated heterocycles. The average Bonchev–Trinajstić information content (AvgIpc) is 2.49. The van der Waals surface area contributed by atoms with Crippen LogP contribution in [-0.2, 0) is 7.05 Å². The molecule has 0 saturated carbocycles. The Kier molecular flexibility index (Phi) is 1.82. The minimum Gasteiger partial charge on any atom is -0.349 e. The van der Waals surface area contributed by atoms with Crippen molar-refractivity contribution in [1.82, 2.24) is 4.57 Å². The molecule has 2 rings (SSSR count). The molecule has 0 spiro atoms. The van der Waals surface area contributed by atoms with Gasteiger partial charge in [-0.3, -0.25) is 0 Å². The summed E-state index contributed by atoms with van der Waals surface area (Å²) in [6.45, 7) is 4.19. The van der Waals surface area contributed by atoms with Gasteiger partial charge < -0.3 is 4.57 Å². The molecular formula is C12H12N2. The highest BCUT2D eigenvalue weighted by atomic mass is 14.9. The maximum atomic E-state index is 8.95. The van der Waals surface area contributed by atoms with E-state index in [-0.39, 0.29) is 0 Å². The molecule has 0 atom stereocenters. The first kappa shape index (κ1) is 8.83. The predicted octanol–water partition coefficient (Wildman–Crippen LogP) is 2.67. The summed E-state index contributed by atoms with van der Waals surface area (Å²) in [5.41, 5.74) is 4.45. The lowest BCUT2D eigenvalue weighted by atomic mass is 10.1. The van der Waals surface area contributed by atoms with E-state index in [1.807, 2.05) is 23.9 Å². The summed E-state index contributed by atoms with van der Waals surface area (Å²) in [7, 11) is 1.98. The first-order valence-electron chi connectivity index (χ1n) is 4.60. The second kappa shape index (κ2) is 2.88. The van der Waals surface area contributed by atoms with E-state index in [9.17, 15) is 0 Å². The third kappa shape index (κ3) is 1.03. The van der Waals surface area contributed by atoms with Crippen LogP contribution in [0, 0.1) is 25.2 Å². The van der Waals surface area contributed by atoms with Crippen LogP contribution in [0.1, 0.15) is 16.7 Å². The standard InChI is InChI=1S/C12H12N2/c1-8-4-5-11-10(6-13)7-14(3)12(11)9(8)2/h4-5,7H,1-3H3. The quantitative estimate of drug-likeness (QED) is 0.618. The molecule has 0 N–H and O–H groups in total. The summed E-state index contributed by atoms with van der Waals surface area (Å²) in [5.74, 6) is 0. The molecule has 14 heavy (non-hydrogen) atoms. The third-order valence-corrected chi connectivity index (χ3v) is 2.79. The molecule has 1 aromatic heterocycles. The highest BCUT2D eigenvalue weighted by Gasteiger charge is 2.08. The molecule has 1 heterocycles. The second-order valence-electron chi connectivity index (χ2n) is 3.67. The minimum atomic E-state index is 0.755. The highest BCUT2D eigenvalue weighted by molar-refractivity contribution is 5.89. The summed E-state index contributed by atoms with van der Waals surface area (Å²) in [6.07, 6.45) is 1.89. The van der Waals surface area contributed by atoms with Crippen LogP contribution in [0.4, 0.5) is 0 Å². The van der Waals surface area contributed by atoms with E-state index in [4.69, 9.17) is 5.26 Å². The fourth-order valence-corrected chi connectivity index (χ4v) is 1.89. The molecule has 0 bridgehead atoms. The maximum Gasteiger partial charge on any atom is 0.101 e. The molecule has 0 aliphatic carbocycles. The number of nitrogens with zero attached hydrogens (tertiary/aromatic N) is 2. The van der Waals surface area contributed by atoms with Crippen LogP contribution in [0.5, 0.6) is 0 Å². The summed E-state index contributed by atoms with van der Waals surface area (Å²) in [4.78, 5) is 0. The molecule has 2 heteroatoms. The summed E-state index contributed by atoms with van der Waals surface area (Å²) < 4.78 is 2.02. The zero-order valence-corrected chi connectivity index (χ0v) is 8.63. The first-order chi connectivity index (χ1) is 6.65. The Hall–Kier alpha value is -1.75. The Bertz CT molecular complexity index is 541. The van der Waals surface area contributed by atoms with Gasteiger partial charge in [-0.2, -0.15) is 5.26 Å². The fraction of sp³-hybridized carbons (Fsp3) is 0.250. The minimum absolute atomic E-state index is 0.755. The lowest BCUT2D eigenvalue weighted by Crippen LogP contribution is -1.89. The molecule has 2 aromatic rings. The monoisotopic (exact) mass is 184 g/mol. The normalized spacial score (nSPS) is 10.4. The zero-order chi connectivity index (χ0) is 10.3. The van der Waals surface area contributed by atoms with Gasteiger partial charge in [0.05, 0.1) is 11.1 Å². The Morgan fingerprint density at radius 2 is 2.00 bits per heavy atom. The summed E-state index contributed by atoms with van der Waals surface area (Å²) >= 11 is 0. The van der Waals surface area contributed by atoms with Gasteiger partial charge in [-0.15, -0.1) is 0 Å². The molecule has 0 radical (unpaired) electrons. The molecule has 0 amide bonds. The van der Waals surface area contributed by atoms with Crippen LogP contribution in [-0.4, -0.2) is 4.57 Å². The van der Waals surface area contributed by atoms with Gasteiger partial charge in [0.1, 0.15) is 6.07 Å². The van der Waals surface area contributed by atoms with Crippen molar-refractivity contribution >= 4 is 10.9 Å². The van der Waals surface area contributed by atoms with Crippen molar-refractivity contribution in [1.29, 1.82) is 5.26 Å². The van der Waals surface area contributed by atoms with Gasteiger partial charge in [-0.05, 0) is 25.0 Å². The Morgan fingerprint density at radius 1 is 1.29 bits per heavy atom. The van der Waals surface area contributed by atoms with Crippen LogP contribution in [0.15, 0.2) is 18.3 Å². The Balaban J connectivity index is 2.98. The lowest BCUT2D eigenvalue weighted by molar-refractivity contribution is 0.961. The molecule has 0 aliphatic rings. The number of hydrogen-bond acceptors (Lipinski definition) is 1. The van der Waals surface area contributed by atoms with Crippen LogP contribution in [0.3, 0.4) is 0 Å². The van der Waals surface area contributed by atoms with E-state index < -0.39 is 0 Å². The van der Waals surface area contributed by atoms with Gasteiger partial charge in [0, 0.05) is 18.6 Å². The van der Waals surface area contributed by atoms with Gasteiger partial charge in [-0.25, -0.2) is 0 Å². The van der Waals surface area contributed by atoms with Gasteiger partial charge in [-0.1, -0.05) is 12.1 Å². The van der Waals surface area contributed by atoms with Crippen LogP contribution >= 0.6 is 0 Å². The Morgan fingerprint density at radius 3 is 2.64 bits per heavy atom. The maximum absolute atomic E-state index is 8.95. The van der Waals surface area contributed by atoms with Crippen molar-refractivity contribution < 1.29 is 0 Å². The van der Waals surface area contributed by atoms with Gasteiger partial charge in [0.15, 0.2) is 0 Å². The predicted molar refractivity (Wildman–Crippen MR) is 57.1 cm³/mol. The van der Waals surface area contributed by atoms with Crippen LogP contribution in [0.25, 0.3) is 10.9 Å². The number of nitriles is 1. The van der Waals surface area contributed by atoms with E-state index in [0.29, 0.717) is 0 Å². The van der Waals surface area contributed by atoms with Crippen molar-refractivity contribution in [3.05, 3.63) is 35.0 Å². The number of fused-ring (bicyclic) bond motifs is 1. The van der Waals surface area contributed by atoms with Crippen LogP contribution < -0.4 is 0 Å². The number of aryl methyl sites for hydroxylation is 3. The van der Waals surface area contributed by atoms with Gasteiger partial charge in [0.2, 0.25) is 0 Å². The van der Waals surface area contributed by atoms with E-state index in [2.05, 4.69) is 26.0 Å². The van der Waals surface area contributed by atoms with Gasteiger partial charge >= 0.3 is 0 Å². The number of aromatic nitrogens is 1. The molecule has 2 nitrogen and oxygen atoms in total. The summed E-state index contributed by atoms with van der Waals surface area (Å²) in [6, 6.07) is 6.31. The van der Waals surface area contributed by atoms with Crippen molar-refractivity contribution in [2.75, 3.05) is 0 Å². The molecular weight excluding hydrogens is 172 g/mol. The van der Waals surface area contributed by atoms with Gasteiger partial charge in [0.25, 0.3) is 0 Å². The first-order valence-corrected chi connectivity index (χ1v) is 4.60. The number of benzene rings is 1. The highest BCUT2D eigenvalue weighted by Crippen LogP contribution is 2.25.